The second kappa shape index (κ2) is 27.8. The Bertz CT molecular complexity index is 2080. The molecule has 1 N–H and O–H groups in total. The molecule has 0 unspecified atom stereocenters. The summed E-state index contributed by atoms with van der Waals surface area (Å²) >= 11 is 0. The number of carbonyl (C=O) groups excluding carboxylic acids is 3. The zero-order valence-corrected chi connectivity index (χ0v) is 35.0. The number of rotatable bonds is 29. The van der Waals surface area contributed by atoms with Crippen molar-refractivity contribution in [2.45, 2.75) is 58.0 Å². The molecule has 4 aromatic rings. The summed E-state index contributed by atoms with van der Waals surface area (Å²) in [5.74, 6) is 1.80. The molecule has 62 heavy (non-hydrogen) atoms. The van der Waals surface area contributed by atoms with Crippen molar-refractivity contribution < 1.29 is 57.4 Å². The topological polar surface area (TPSA) is 170 Å². The lowest BCUT2D eigenvalue weighted by atomic mass is 10.1. The third-order valence-electron chi connectivity index (χ3n) is 8.91. The number of hydrogen-bond donors (Lipinski definition) is 1. The fourth-order valence-electron chi connectivity index (χ4n) is 5.59. The summed E-state index contributed by atoms with van der Waals surface area (Å²) in [7, 11) is 1.54. The second-order valence-electron chi connectivity index (χ2n) is 13.5. The van der Waals surface area contributed by atoms with Gasteiger partial charge >= 0.3 is 17.9 Å². The van der Waals surface area contributed by atoms with Crippen LogP contribution in [0.5, 0.6) is 34.5 Å². The zero-order valence-electron chi connectivity index (χ0n) is 35.0. The zero-order chi connectivity index (χ0) is 44.2. The number of nitrogens with zero attached hydrogens (tertiary/aromatic N) is 2. The third-order valence-corrected chi connectivity index (χ3v) is 8.91. The SMILES string of the molecule is C=CC(=O)OCCCCCCOc1ccc(OCOc2ccc(/C=N/N=C/c3ccc(OC(=O)c4ccc(OCCCCCCOC(=O)C=C)c(CO)c4)cc3)cc2OC)cc1. The van der Waals surface area contributed by atoms with Gasteiger partial charge in [-0.25, -0.2) is 14.4 Å². The Hall–Kier alpha value is -6.93. The first kappa shape index (κ1) is 47.7. The number of aliphatic hydroxyl groups is 1. The first-order valence-corrected chi connectivity index (χ1v) is 20.3. The van der Waals surface area contributed by atoms with E-state index < -0.39 is 17.9 Å². The van der Waals surface area contributed by atoms with Crippen LogP contribution in [0.1, 0.15) is 78.4 Å². The van der Waals surface area contributed by atoms with Crippen LogP contribution in [0.4, 0.5) is 0 Å². The number of benzene rings is 4. The Morgan fingerprint density at radius 1 is 0.565 bits per heavy atom. The molecule has 4 aromatic carbocycles. The van der Waals surface area contributed by atoms with E-state index in [4.69, 9.17) is 37.9 Å². The second-order valence-corrected chi connectivity index (χ2v) is 13.5. The van der Waals surface area contributed by atoms with Crippen molar-refractivity contribution in [3.63, 3.8) is 0 Å². The van der Waals surface area contributed by atoms with Crippen molar-refractivity contribution in [2.24, 2.45) is 10.2 Å². The molecule has 4 rings (SSSR count). The largest absolute Gasteiger partial charge is 0.494 e. The number of carbonyl (C=O) groups is 3. The van der Waals surface area contributed by atoms with Crippen molar-refractivity contribution in [3.05, 3.63) is 132 Å². The van der Waals surface area contributed by atoms with E-state index in [1.54, 1.807) is 74.1 Å². The average Bonchev–Trinajstić information content (AvgIpc) is 3.30. The van der Waals surface area contributed by atoms with Gasteiger partial charge in [0.25, 0.3) is 0 Å². The van der Waals surface area contributed by atoms with Crippen molar-refractivity contribution in [1.82, 2.24) is 0 Å². The molecule has 328 valence electrons. The molecule has 0 spiro atoms. The van der Waals surface area contributed by atoms with Crippen molar-refractivity contribution in [2.75, 3.05) is 40.3 Å². The molecule has 0 bridgehead atoms. The minimum absolute atomic E-state index is 0.0372. The molecule has 0 aliphatic heterocycles. The minimum Gasteiger partial charge on any atom is -0.494 e. The number of methoxy groups -OCH3 is 1. The maximum absolute atomic E-state index is 12.9. The van der Waals surface area contributed by atoms with Crippen LogP contribution in [0.3, 0.4) is 0 Å². The predicted octanol–water partition coefficient (Wildman–Crippen LogP) is 8.61. The monoisotopic (exact) mass is 850 g/mol. The third kappa shape index (κ3) is 17.7. The van der Waals surface area contributed by atoms with Gasteiger partial charge in [0.2, 0.25) is 6.79 Å². The highest BCUT2D eigenvalue weighted by Crippen LogP contribution is 2.28. The van der Waals surface area contributed by atoms with Crippen molar-refractivity contribution >= 4 is 30.3 Å². The number of hydrogen-bond acceptors (Lipinski definition) is 14. The minimum atomic E-state index is -0.576. The molecule has 0 fully saturated rings. The Labute approximate surface area is 362 Å². The van der Waals surface area contributed by atoms with Crippen LogP contribution in [0.15, 0.2) is 120 Å². The number of esters is 3. The van der Waals surface area contributed by atoms with E-state index in [1.807, 2.05) is 30.3 Å². The number of ether oxygens (including phenoxy) is 8. The van der Waals surface area contributed by atoms with Crippen LogP contribution >= 0.6 is 0 Å². The van der Waals surface area contributed by atoms with E-state index >= 15 is 0 Å². The van der Waals surface area contributed by atoms with Gasteiger partial charge in [-0.05, 0) is 147 Å². The Morgan fingerprint density at radius 2 is 1.10 bits per heavy atom. The summed E-state index contributed by atoms with van der Waals surface area (Å²) in [6.45, 7) is 8.19. The van der Waals surface area contributed by atoms with Gasteiger partial charge in [-0.2, -0.15) is 10.2 Å². The molecule has 14 nitrogen and oxygen atoms in total. The van der Waals surface area contributed by atoms with Crippen molar-refractivity contribution in [3.8, 4) is 34.5 Å². The van der Waals surface area contributed by atoms with Gasteiger partial charge < -0.3 is 43.0 Å². The summed E-state index contributed by atoms with van der Waals surface area (Å²) in [4.78, 5) is 35.0. The van der Waals surface area contributed by atoms with E-state index in [0.717, 1.165) is 74.3 Å². The standard InChI is InChI=1S/C48H54N2O12/c1-4-46(52)58-28-12-8-6-10-26-56-40-20-22-41(23-21-40)60-35-61-44-24-16-37(30-45(44)55-3)33-50-49-32-36-14-18-42(19-15-36)62-48(54)38-17-25-43(39(31-38)34-51)57-27-11-7-9-13-29-59-47(53)5-2/h4-5,14-25,30-33,51H,1-2,6-13,26-29,34-35H2,3H3/b49-32+,50-33+. The molecule has 0 aromatic heterocycles. The molecule has 0 heterocycles. The lowest BCUT2D eigenvalue weighted by molar-refractivity contribution is -0.138. The van der Waals surface area contributed by atoms with Gasteiger partial charge in [-0.1, -0.05) is 13.2 Å². The summed E-state index contributed by atoms with van der Waals surface area (Å²) in [5, 5.41) is 18.2. The van der Waals surface area contributed by atoms with Crippen LogP contribution in [-0.2, 0) is 25.7 Å². The van der Waals surface area contributed by atoms with Crippen LogP contribution in [0, 0.1) is 0 Å². The van der Waals surface area contributed by atoms with E-state index in [-0.39, 0.29) is 19.0 Å². The maximum Gasteiger partial charge on any atom is 0.343 e. The fourth-order valence-corrected chi connectivity index (χ4v) is 5.59. The number of unbranched alkanes of at least 4 members (excludes halogenated alkanes) is 6. The first-order chi connectivity index (χ1) is 30.3. The van der Waals surface area contributed by atoms with Gasteiger partial charge in [-0.3, -0.25) is 0 Å². The van der Waals surface area contributed by atoms with Crippen LogP contribution < -0.4 is 28.4 Å². The highest BCUT2D eigenvalue weighted by molar-refractivity contribution is 5.91. The van der Waals surface area contributed by atoms with E-state index in [2.05, 4.69) is 23.4 Å². The van der Waals surface area contributed by atoms with Gasteiger partial charge in [0.05, 0.1) is 58.1 Å². The maximum atomic E-state index is 12.9. The van der Waals surface area contributed by atoms with E-state index in [1.165, 1.54) is 6.08 Å². The van der Waals surface area contributed by atoms with Gasteiger partial charge in [-0.15, -0.1) is 0 Å². The normalized spacial score (nSPS) is 10.9. The summed E-state index contributed by atoms with van der Waals surface area (Å²) in [6, 6.07) is 24.2. The summed E-state index contributed by atoms with van der Waals surface area (Å²) < 4.78 is 44.2. The lowest BCUT2D eigenvalue weighted by Crippen LogP contribution is -2.10. The molecule has 0 saturated carbocycles. The summed E-state index contributed by atoms with van der Waals surface area (Å²) in [6.07, 6.45) is 12.4. The molecule has 0 atom stereocenters. The average molecular weight is 851 g/mol. The van der Waals surface area contributed by atoms with E-state index in [0.29, 0.717) is 60.7 Å². The Morgan fingerprint density at radius 3 is 1.69 bits per heavy atom. The quantitative estimate of drug-likeness (QED) is 0.0105. The van der Waals surface area contributed by atoms with Crippen molar-refractivity contribution in [1.29, 1.82) is 0 Å². The highest BCUT2D eigenvalue weighted by atomic mass is 16.7. The molecule has 0 amide bonds. The van der Waals surface area contributed by atoms with E-state index in [9.17, 15) is 19.5 Å². The highest BCUT2D eigenvalue weighted by Gasteiger charge is 2.13. The number of aliphatic hydroxyl groups excluding tert-OH is 1. The van der Waals surface area contributed by atoms with Crippen LogP contribution in [-0.4, -0.2) is 75.8 Å². The smallest absolute Gasteiger partial charge is 0.343 e. The molecule has 0 radical (unpaired) electrons. The van der Waals surface area contributed by atoms with Crippen LogP contribution in [0.25, 0.3) is 0 Å². The molecular formula is C48H54N2O12. The summed E-state index contributed by atoms with van der Waals surface area (Å²) in [5.41, 5.74) is 2.22. The predicted molar refractivity (Wildman–Crippen MR) is 235 cm³/mol. The molecule has 0 aliphatic rings. The Balaban J connectivity index is 1.14. The first-order valence-electron chi connectivity index (χ1n) is 20.3. The molecule has 0 saturated heterocycles. The van der Waals surface area contributed by atoms with Gasteiger partial charge in [0, 0.05) is 17.7 Å². The molecular weight excluding hydrogens is 797 g/mol. The van der Waals surface area contributed by atoms with Gasteiger partial charge in [0.15, 0.2) is 11.5 Å². The Kier molecular flexibility index (Phi) is 21.4. The fraction of sp³-hybridized carbons (Fsp3) is 0.312. The van der Waals surface area contributed by atoms with Gasteiger partial charge in [0.1, 0.15) is 23.0 Å². The van der Waals surface area contributed by atoms with Crippen LogP contribution in [0.2, 0.25) is 0 Å². The molecule has 14 heteroatoms. The lowest BCUT2D eigenvalue weighted by Gasteiger charge is -2.12. The molecule has 0 aliphatic carbocycles.